The third kappa shape index (κ3) is 5.25. The van der Waals surface area contributed by atoms with Gasteiger partial charge in [-0.15, -0.1) is 0 Å². The zero-order chi connectivity index (χ0) is 21.5. The summed E-state index contributed by atoms with van der Waals surface area (Å²) in [6.45, 7) is 2.77. The van der Waals surface area contributed by atoms with Crippen LogP contribution in [0, 0.1) is 0 Å². The van der Waals surface area contributed by atoms with E-state index in [-0.39, 0.29) is 6.04 Å². The standard InChI is InChI=1S/C24H34N4O2/c1-25-24(26-16-23(27(2)3)19-8-12-22(30-5)13-9-19)28-15-14-20(17-28)18-6-10-21(29-4)11-7-18/h6-13,20,23H,14-17H2,1-5H3,(H,25,26). The highest BCUT2D eigenvalue weighted by Crippen LogP contribution is 2.28. The van der Waals surface area contributed by atoms with Crippen LogP contribution in [0.25, 0.3) is 0 Å². The quantitative estimate of drug-likeness (QED) is 0.560. The number of aliphatic imine (C=N–C) groups is 1. The minimum Gasteiger partial charge on any atom is -0.497 e. The van der Waals surface area contributed by atoms with Gasteiger partial charge >= 0.3 is 0 Å². The van der Waals surface area contributed by atoms with Crippen LogP contribution in [0.15, 0.2) is 53.5 Å². The van der Waals surface area contributed by atoms with Crippen molar-refractivity contribution in [2.45, 2.75) is 18.4 Å². The highest BCUT2D eigenvalue weighted by molar-refractivity contribution is 5.80. The van der Waals surface area contributed by atoms with Gasteiger partial charge in [0.05, 0.1) is 20.3 Å². The Morgan fingerprint density at radius 3 is 2.20 bits per heavy atom. The fourth-order valence-electron chi connectivity index (χ4n) is 4.05. The Labute approximate surface area is 180 Å². The number of nitrogens with zero attached hydrogens (tertiary/aromatic N) is 3. The summed E-state index contributed by atoms with van der Waals surface area (Å²) in [4.78, 5) is 9.14. The van der Waals surface area contributed by atoms with Crippen LogP contribution in [0.3, 0.4) is 0 Å². The van der Waals surface area contributed by atoms with Crippen molar-refractivity contribution in [1.82, 2.24) is 15.1 Å². The summed E-state index contributed by atoms with van der Waals surface area (Å²) in [5, 5.41) is 3.59. The smallest absolute Gasteiger partial charge is 0.193 e. The largest absolute Gasteiger partial charge is 0.497 e. The molecule has 2 unspecified atom stereocenters. The van der Waals surface area contributed by atoms with Crippen molar-refractivity contribution in [2.75, 3.05) is 55.0 Å². The fraction of sp³-hybridized carbons (Fsp3) is 0.458. The topological polar surface area (TPSA) is 49.3 Å². The number of hydrogen-bond donors (Lipinski definition) is 1. The number of likely N-dealkylation sites (tertiary alicyclic amines) is 1. The molecule has 0 aromatic heterocycles. The van der Waals surface area contributed by atoms with Crippen LogP contribution in [-0.2, 0) is 0 Å². The summed E-state index contributed by atoms with van der Waals surface area (Å²) in [6, 6.07) is 17.0. The SMILES string of the molecule is CN=C(NCC(c1ccc(OC)cc1)N(C)C)N1CCC(c2ccc(OC)cc2)C1. The molecule has 2 aromatic carbocycles. The molecule has 1 N–H and O–H groups in total. The van der Waals surface area contributed by atoms with Gasteiger partial charge < -0.3 is 24.6 Å². The molecule has 1 fully saturated rings. The zero-order valence-corrected chi connectivity index (χ0v) is 18.8. The minimum atomic E-state index is 0.243. The normalized spacial score (nSPS) is 17.9. The van der Waals surface area contributed by atoms with Gasteiger partial charge in [-0.05, 0) is 55.9 Å². The van der Waals surface area contributed by atoms with E-state index in [4.69, 9.17) is 9.47 Å². The Morgan fingerprint density at radius 2 is 1.67 bits per heavy atom. The van der Waals surface area contributed by atoms with Gasteiger partial charge in [-0.1, -0.05) is 24.3 Å². The van der Waals surface area contributed by atoms with Crippen molar-refractivity contribution in [3.05, 3.63) is 59.7 Å². The Kier molecular flexibility index (Phi) is 7.57. The third-order valence-electron chi connectivity index (χ3n) is 5.86. The van der Waals surface area contributed by atoms with E-state index in [0.29, 0.717) is 5.92 Å². The molecule has 3 rings (SSSR count). The van der Waals surface area contributed by atoms with Crippen molar-refractivity contribution in [2.24, 2.45) is 4.99 Å². The maximum atomic E-state index is 5.29. The molecule has 0 saturated carbocycles. The van der Waals surface area contributed by atoms with Crippen molar-refractivity contribution in [1.29, 1.82) is 0 Å². The number of rotatable bonds is 7. The lowest BCUT2D eigenvalue weighted by Gasteiger charge is -2.28. The molecule has 0 amide bonds. The molecule has 1 saturated heterocycles. The molecule has 30 heavy (non-hydrogen) atoms. The minimum absolute atomic E-state index is 0.243. The van der Waals surface area contributed by atoms with Crippen LogP contribution in [0.2, 0.25) is 0 Å². The summed E-state index contributed by atoms with van der Waals surface area (Å²) in [7, 11) is 9.47. The molecule has 0 aliphatic carbocycles. The summed E-state index contributed by atoms with van der Waals surface area (Å²) in [6.07, 6.45) is 1.13. The second kappa shape index (κ2) is 10.3. The van der Waals surface area contributed by atoms with E-state index in [1.807, 2.05) is 31.3 Å². The van der Waals surface area contributed by atoms with Crippen molar-refractivity contribution >= 4 is 5.96 Å². The summed E-state index contributed by atoms with van der Waals surface area (Å²) >= 11 is 0. The second-order valence-electron chi connectivity index (χ2n) is 7.89. The Bertz CT molecular complexity index is 818. The Morgan fingerprint density at radius 1 is 1.07 bits per heavy atom. The highest BCUT2D eigenvalue weighted by Gasteiger charge is 2.26. The fourth-order valence-corrected chi connectivity index (χ4v) is 4.05. The molecule has 2 atom stereocenters. The van der Waals surface area contributed by atoms with Gasteiger partial charge in [0.15, 0.2) is 5.96 Å². The first-order chi connectivity index (χ1) is 14.5. The average Bonchev–Trinajstić information content (AvgIpc) is 3.27. The Balaban J connectivity index is 1.61. The van der Waals surface area contributed by atoms with E-state index in [1.165, 1.54) is 11.1 Å². The molecule has 1 heterocycles. The molecular weight excluding hydrogens is 376 g/mol. The van der Waals surface area contributed by atoms with E-state index >= 15 is 0 Å². The monoisotopic (exact) mass is 410 g/mol. The maximum absolute atomic E-state index is 5.29. The average molecular weight is 411 g/mol. The van der Waals surface area contributed by atoms with Gasteiger partial charge in [0.25, 0.3) is 0 Å². The van der Waals surface area contributed by atoms with Crippen LogP contribution >= 0.6 is 0 Å². The first-order valence-corrected chi connectivity index (χ1v) is 10.5. The predicted octanol–water partition coefficient (Wildman–Crippen LogP) is 3.37. The number of guanidine groups is 1. The third-order valence-corrected chi connectivity index (χ3v) is 5.86. The second-order valence-corrected chi connectivity index (χ2v) is 7.89. The molecule has 0 spiro atoms. The van der Waals surface area contributed by atoms with E-state index in [9.17, 15) is 0 Å². The molecular formula is C24H34N4O2. The first kappa shape index (κ1) is 22.0. The summed E-state index contributed by atoms with van der Waals surface area (Å²) in [5.74, 6) is 3.26. The van der Waals surface area contributed by atoms with E-state index in [2.05, 4.69) is 58.5 Å². The number of likely N-dealkylation sites (N-methyl/N-ethyl adjacent to an activating group) is 1. The van der Waals surface area contributed by atoms with Crippen LogP contribution in [0.4, 0.5) is 0 Å². The van der Waals surface area contributed by atoms with Gasteiger partial charge in [0, 0.05) is 32.6 Å². The molecule has 0 bridgehead atoms. The predicted molar refractivity (Wildman–Crippen MR) is 123 cm³/mol. The maximum Gasteiger partial charge on any atom is 0.193 e. The van der Waals surface area contributed by atoms with Crippen LogP contribution < -0.4 is 14.8 Å². The molecule has 6 nitrogen and oxygen atoms in total. The first-order valence-electron chi connectivity index (χ1n) is 10.5. The van der Waals surface area contributed by atoms with E-state index < -0.39 is 0 Å². The molecule has 1 aliphatic heterocycles. The van der Waals surface area contributed by atoms with Crippen molar-refractivity contribution < 1.29 is 9.47 Å². The number of hydrogen-bond acceptors (Lipinski definition) is 4. The van der Waals surface area contributed by atoms with Gasteiger partial charge in [0.2, 0.25) is 0 Å². The molecule has 162 valence electrons. The molecule has 2 aromatic rings. The summed E-state index contributed by atoms with van der Waals surface area (Å²) < 4.78 is 10.6. The van der Waals surface area contributed by atoms with Crippen molar-refractivity contribution in [3.8, 4) is 11.5 Å². The molecule has 6 heteroatoms. The summed E-state index contributed by atoms with van der Waals surface area (Å²) in [5.41, 5.74) is 2.61. The van der Waals surface area contributed by atoms with Gasteiger partial charge in [-0.3, -0.25) is 4.99 Å². The van der Waals surface area contributed by atoms with Crippen LogP contribution in [0.5, 0.6) is 11.5 Å². The van der Waals surface area contributed by atoms with Gasteiger partial charge in [-0.2, -0.15) is 0 Å². The van der Waals surface area contributed by atoms with Crippen LogP contribution in [-0.4, -0.2) is 70.8 Å². The van der Waals surface area contributed by atoms with Gasteiger partial charge in [-0.25, -0.2) is 0 Å². The number of nitrogens with one attached hydrogen (secondary N) is 1. The van der Waals surface area contributed by atoms with Crippen LogP contribution in [0.1, 0.15) is 29.5 Å². The zero-order valence-electron chi connectivity index (χ0n) is 18.8. The van der Waals surface area contributed by atoms with E-state index in [1.54, 1.807) is 14.2 Å². The number of benzene rings is 2. The lowest BCUT2D eigenvalue weighted by atomic mass is 9.98. The molecule has 1 aliphatic rings. The lowest BCUT2D eigenvalue weighted by Crippen LogP contribution is -2.43. The van der Waals surface area contributed by atoms with Gasteiger partial charge in [0.1, 0.15) is 11.5 Å². The number of methoxy groups -OCH3 is 2. The number of ether oxygens (including phenoxy) is 2. The molecule has 0 radical (unpaired) electrons. The van der Waals surface area contributed by atoms with E-state index in [0.717, 1.165) is 43.5 Å². The highest BCUT2D eigenvalue weighted by atomic mass is 16.5. The Hall–Kier alpha value is -2.73. The van der Waals surface area contributed by atoms with Crippen molar-refractivity contribution in [3.63, 3.8) is 0 Å². The lowest BCUT2D eigenvalue weighted by molar-refractivity contribution is 0.295.